The van der Waals surface area contributed by atoms with Crippen LogP contribution in [0.2, 0.25) is 0 Å². The molecule has 0 bridgehead atoms. The molecule has 0 radical (unpaired) electrons. The SMILES string of the molecule is CCN1c2ccccc2C(C)=CC1C#N. The third-order valence-electron chi connectivity index (χ3n) is 2.85. The number of allylic oxidation sites excluding steroid dienone is 1. The highest BCUT2D eigenvalue weighted by molar-refractivity contribution is 5.80. The van der Waals surface area contributed by atoms with E-state index in [9.17, 15) is 0 Å². The summed E-state index contributed by atoms with van der Waals surface area (Å²) in [5.74, 6) is 0. The maximum atomic E-state index is 9.10. The van der Waals surface area contributed by atoms with Gasteiger partial charge < -0.3 is 4.90 Å². The average molecular weight is 198 g/mol. The van der Waals surface area contributed by atoms with Crippen molar-refractivity contribution in [1.29, 1.82) is 5.26 Å². The predicted molar refractivity (Wildman–Crippen MR) is 62.5 cm³/mol. The van der Waals surface area contributed by atoms with Gasteiger partial charge in [0.15, 0.2) is 0 Å². The van der Waals surface area contributed by atoms with Gasteiger partial charge in [-0.15, -0.1) is 0 Å². The summed E-state index contributed by atoms with van der Waals surface area (Å²) in [4.78, 5) is 2.13. The molecular formula is C13H14N2. The number of likely N-dealkylation sites (N-methyl/N-ethyl adjacent to an activating group) is 1. The highest BCUT2D eigenvalue weighted by Crippen LogP contribution is 2.33. The molecule has 0 amide bonds. The predicted octanol–water partition coefficient (Wildman–Crippen LogP) is 2.82. The van der Waals surface area contributed by atoms with Crippen molar-refractivity contribution < 1.29 is 0 Å². The van der Waals surface area contributed by atoms with Crippen LogP contribution < -0.4 is 4.90 Å². The lowest BCUT2D eigenvalue weighted by molar-refractivity contribution is 0.809. The fraction of sp³-hybridized carbons (Fsp3) is 0.308. The van der Waals surface area contributed by atoms with Crippen molar-refractivity contribution in [3.63, 3.8) is 0 Å². The molecule has 0 saturated heterocycles. The molecule has 1 heterocycles. The quantitative estimate of drug-likeness (QED) is 0.693. The van der Waals surface area contributed by atoms with Crippen molar-refractivity contribution in [3.8, 4) is 6.07 Å². The highest BCUT2D eigenvalue weighted by atomic mass is 15.2. The van der Waals surface area contributed by atoms with Crippen LogP contribution in [0, 0.1) is 11.3 Å². The van der Waals surface area contributed by atoms with E-state index in [-0.39, 0.29) is 6.04 Å². The Kier molecular flexibility index (Phi) is 2.47. The van der Waals surface area contributed by atoms with Crippen molar-refractivity contribution in [2.75, 3.05) is 11.4 Å². The van der Waals surface area contributed by atoms with E-state index in [0.717, 1.165) is 6.54 Å². The van der Waals surface area contributed by atoms with Crippen molar-refractivity contribution >= 4 is 11.3 Å². The van der Waals surface area contributed by atoms with Gasteiger partial charge in [0, 0.05) is 17.8 Å². The normalized spacial score (nSPS) is 19.1. The molecule has 1 aromatic rings. The van der Waals surface area contributed by atoms with Gasteiger partial charge in [-0.2, -0.15) is 5.26 Å². The Morgan fingerprint density at radius 1 is 1.40 bits per heavy atom. The Bertz CT molecular complexity index is 440. The minimum Gasteiger partial charge on any atom is -0.352 e. The first-order valence-corrected chi connectivity index (χ1v) is 5.22. The van der Waals surface area contributed by atoms with E-state index >= 15 is 0 Å². The molecule has 0 fully saturated rings. The van der Waals surface area contributed by atoms with Crippen LogP contribution in [0.5, 0.6) is 0 Å². The van der Waals surface area contributed by atoms with Crippen molar-refractivity contribution in [3.05, 3.63) is 35.9 Å². The molecule has 1 aromatic carbocycles. The lowest BCUT2D eigenvalue weighted by Gasteiger charge is -2.32. The summed E-state index contributed by atoms with van der Waals surface area (Å²) >= 11 is 0. The zero-order valence-electron chi connectivity index (χ0n) is 9.07. The molecule has 0 N–H and O–H groups in total. The Hall–Kier alpha value is -1.75. The molecule has 76 valence electrons. The fourth-order valence-corrected chi connectivity index (χ4v) is 2.10. The standard InChI is InChI=1S/C13H14N2/c1-3-15-11(9-14)8-10(2)12-6-4-5-7-13(12)15/h4-8,11H,3H2,1-2H3. The first-order chi connectivity index (χ1) is 7.27. The second-order valence-electron chi connectivity index (χ2n) is 3.73. The van der Waals surface area contributed by atoms with E-state index in [1.165, 1.54) is 16.8 Å². The maximum absolute atomic E-state index is 9.10. The van der Waals surface area contributed by atoms with E-state index in [1.54, 1.807) is 0 Å². The van der Waals surface area contributed by atoms with Gasteiger partial charge in [-0.05, 0) is 31.6 Å². The molecule has 0 aromatic heterocycles. The van der Waals surface area contributed by atoms with Gasteiger partial charge >= 0.3 is 0 Å². The van der Waals surface area contributed by atoms with Gasteiger partial charge in [0.1, 0.15) is 6.04 Å². The first-order valence-electron chi connectivity index (χ1n) is 5.22. The molecule has 1 unspecified atom stereocenters. The lowest BCUT2D eigenvalue weighted by atomic mass is 9.97. The van der Waals surface area contributed by atoms with E-state index in [2.05, 4.69) is 36.9 Å². The van der Waals surface area contributed by atoms with E-state index in [4.69, 9.17) is 5.26 Å². The van der Waals surface area contributed by atoms with Crippen LogP contribution in [0.25, 0.3) is 5.57 Å². The molecule has 0 aliphatic carbocycles. The highest BCUT2D eigenvalue weighted by Gasteiger charge is 2.22. The van der Waals surface area contributed by atoms with Gasteiger partial charge in [-0.3, -0.25) is 0 Å². The van der Waals surface area contributed by atoms with Gasteiger partial charge in [0.25, 0.3) is 0 Å². The minimum atomic E-state index is -0.120. The Morgan fingerprint density at radius 3 is 2.80 bits per heavy atom. The molecular weight excluding hydrogens is 184 g/mol. The van der Waals surface area contributed by atoms with E-state index < -0.39 is 0 Å². The Morgan fingerprint density at radius 2 is 2.13 bits per heavy atom. The largest absolute Gasteiger partial charge is 0.352 e. The van der Waals surface area contributed by atoms with Crippen LogP contribution in [-0.2, 0) is 0 Å². The number of fused-ring (bicyclic) bond motifs is 1. The van der Waals surface area contributed by atoms with E-state index in [0.29, 0.717) is 0 Å². The van der Waals surface area contributed by atoms with Crippen LogP contribution >= 0.6 is 0 Å². The Labute approximate surface area is 90.4 Å². The lowest BCUT2D eigenvalue weighted by Crippen LogP contribution is -2.35. The summed E-state index contributed by atoms with van der Waals surface area (Å²) in [7, 11) is 0. The first kappa shape index (κ1) is 9.79. The fourth-order valence-electron chi connectivity index (χ4n) is 2.10. The van der Waals surface area contributed by atoms with Gasteiger partial charge in [0.05, 0.1) is 6.07 Å². The summed E-state index contributed by atoms with van der Waals surface area (Å²) < 4.78 is 0. The molecule has 1 atom stereocenters. The van der Waals surface area contributed by atoms with Crippen molar-refractivity contribution in [1.82, 2.24) is 0 Å². The number of benzene rings is 1. The molecule has 2 heteroatoms. The number of hydrogen-bond donors (Lipinski definition) is 0. The third kappa shape index (κ3) is 1.50. The Balaban J connectivity index is 2.56. The van der Waals surface area contributed by atoms with Crippen LogP contribution in [0.4, 0.5) is 5.69 Å². The molecule has 0 spiro atoms. The second kappa shape index (κ2) is 3.78. The number of anilines is 1. The second-order valence-corrected chi connectivity index (χ2v) is 3.73. The number of nitriles is 1. The molecule has 2 rings (SSSR count). The van der Waals surface area contributed by atoms with Crippen molar-refractivity contribution in [2.24, 2.45) is 0 Å². The average Bonchev–Trinajstić information content (AvgIpc) is 2.29. The summed E-state index contributed by atoms with van der Waals surface area (Å²) in [6.45, 7) is 5.00. The summed E-state index contributed by atoms with van der Waals surface area (Å²) in [6, 6.07) is 10.5. The molecule has 1 aliphatic rings. The zero-order valence-corrected chi connectivity index (χ0v) is 9.07. The summed E-state index contributed by atoms with van der Waals surface area (Å²) in [5.41, 5.74) is 3.61. The summed E-state index contributed by atoms with van der Waals surface area (Å²) in [5, 5.41) is 9.10. The summed E-state index contributed by atoms with van der Waals surface area (Å²) in [6.07, 6.45) is 2.03. The van der Waals surface area contributed by atoms with Crippen LogP contribution in [-0.4, -0.2) is 12.6 Å². The van der Waals surface area contributed by atoms with Gasteiger partial charge in [0.2, 0.25) is 0 Å². The van der Waals surface area contributed by atoms with E-state index in [1.807, 2.05) is 18.2 Å². The number of rotatable bonds is 1. The maximum Gasteiger partial charge on any atom is 0.136 e. The van der Waals surface area contributed by atoms with Crippen LogP contribution in [0.1, 0.15) is 19.4 Å². The third-order valence-corrected chi connectivity index (χ3v) is 2.85. The van der Waals surface area contributed by atoms with Gasteiger partial charge in [-0.1, -0.05) is 18.2 Å². The monoisotopic (exact) mass is 198 g/mol. The molecule has 15 heavy (non-hydrogen) atoms. The smallest absolute Gasteiger partial charge is 0.136 e. The number of nitrogens with zero attached hydrogens (tertiary/aromatic N) is 2. The van der Waals surface area contributed by atoms with Crippen molar-refractivity contribution in [2.45, 2.75) is 19.9 Å². The van der Waals surface area contributed by atoms with Crippen LogP contribution in [0.15, 0.2) is 30.3 Å². The van der Waals surface area contributed by atoms with Crippen LogP contribution in [0.3, 0.4) is 0 Å². The minimum absolute atomic E-state index is 0.120. The number of para-hydroxylation sites is 1. The molecule has 2 nitrogen and oxygen atoms in total. The van der Waals surface area contributed by atoms with Gasteiger partial charge in [-0.25, -0.2) is 0 Å². The molecule has 1 aliphatic heterocycles. The number of hydrogen-bond acceptors (Lipinski definition) is 2. The zero-order chi connectivity index (χ0) is 10.8. The topological polar surface area (TPSA) is 27.0 Å². The molecule has 0 saturated carbocycles.